The van der Waals surface area contributed by atoms with Crippen molar-refractivity contribution in [3.05, 3.63) is 59.9 Å². The fourth-order valence-corrected chi connectivity index (χ4v) is 2.94. The molecule has 1 amide bonds. The second-order valence-corrected chi connectivity index (χ2v) is 6.56. The number of carbonyl (C=O) groups is 1. The zero-order valence-corrected chi connectivity index (χ0v) is 15.6. The van der Waals surface area contributed by atoms with Gasteiger partial charge in [0.2, 0.25) is 5.91 Å². The lowest BCUT2D eigenvalue weighted by atomic mass is 10.2. The van der Waals surface area contributed by atoms with Crippen molar-refractivity contribution in [2.24, 2.45) is 0 Å². The van der Waals surface area contributed by atoms with Gasteiger partial charge in [-0.05, 0) is 43.2 Å². The molecule has 3 rings (SSSR count). The van der Waals surface area contributed by atoms with E-state index in [9.17, 15) is 4.79 Å². The van der Waals surface area contributed by atoms with Crippen LogP contribution in [0.25, 0.3) is 11.0 Å². The van der Waals surface area contributed by atoms with Gasteiger partial charge in [-0.1, -0.05) is 24.3 Å². The zero-order chi connectivity index (χ0) is 18.5. The average molecular weight is 351 g/mol. The molecule has 0 fully saturated rings. The molecule has 0 aliphatic carbocycles. The SMILES string of the molecule is CC(=O)N(C)Cc1nc2ccccc2n1CCCOc1cccc(C)c1. The van der Waals surface area contributed by atoms with E-state index < -0.39 is 0 Å². The number of hydrogen-bond acceptors (Lipinski definition) is 3. The number of nitrogens with zero attached hydrogens (tertiary/aromatic N) is 3. The second-order valence-electron chi connectivity index (χ2n) is 6.56. The molecule has 0 N–H and O–H groups in total. The smallest absolute Gasteiger partial charge is 0.219 e. The number of benzene rings is 2. The Balaban J connectivity index is 1.70. The monoisotopic (exact) mass is 351 g/mol. The minimum atomic E-state index is 0.0337. The summed E-state index contributed by atoms with van der Waals surface area (Å²) in [4.78, 5) is 18.0. The first kappa shape index (κ1) is 18.0. The maximum atomic E-state index is 11.6. The Morgan fingerprint density at radius 3 is 2.77 bits per heavy atom. The molecular formula is C21H25N3O2. The van der Waals surface area contributed by atoms with E-state index >= 15 is 0 Å². The Kier molecular flexibility index (Phi) is 5.56. The van der Waals surface area contributed by atoms with Crippen LogP contribution in [0.4, 0.5) is 0 Å². The molecule has 0 aliphatic heterocycles. The number of hydrogen-bond donors (Lipinski definition) is 0. The van der Waals surface area contributed by atoms with E-state index in [0.717, 1.165) is 35.6 Å². The molecule has 3 aromatic rings. The minimum Gasteiger partial charge on any atom is -0.494 e. The highest BCUT2D eigenvalue weighted by Gasteiger charge is 2.13. The quantitative estimate of drug-likeness (QED) is 0.609. The van der Waals surface area contributed by atoms with Gasteiger partial charge in [-0.15, -0.1) is 0 Å². The summed E-state index contributed by atoms with van der Waals surface area (Å²) in [7, 11) is 1.80. The predicted octanol–water partition coefficient (Wildman–Crippen LogP) is 3.79. The number of aromatic nitrogens is 2. The molecule has 1 heterocycles. The Hall–Kier alpha value is -2.82. The van der Waals surface area contributed by atoms with Crippen LogP contribution in [0.5, 0.6) is 5.75 Å². The van der Waals surface area contributed by atoms with E-state index in [0.29, 0.717) is 13.2 Å². The van der Waals surface area contributed by atoms with Crippen LogP contribution in [0.15, 0.2) is 48.5 Å². The molecular weight excluding hydrogens is 326 g/mol. The van der Waals surface area contributed by atoms with Crippen LogP contribution in [-0.4, -0.2) is 34.0 Å². The molecule has 5 heteroatoms. The minimum absolute atomic E-state index is 0.0337. The molecule has 0 spiro atoms. The topological polar surface area (TPSA) is 47.4 Å². The first-order valence-corrected chi connectivity index (χ1v) is 8.90. The first-order valence-electron chi connectivity index (χ1n) is 8.90. The van der Waals surface area contributed by atoms with Gasteiger partial charge in [0.05, 0.1) is 24.2 Å². The van der Waals surface area contributed by atoms with Crippen molar-refractivity contribution in [2.45, 2.75) is 33.4 Å². The van der Waals surface area contributed by atoms with Crippen molar-refractivity contribution in [1.29, 1.82) is 0 Å². The molecule has 136 valence electrons. The molecule has 0 unspecified atom stereocenters. The van der Waals surface area contributed by atoms with E-state index in [1.54, 1.807) is 18.9 Å². The summed E-state index contributed by atoms with van der Waals surface area (Å²) in [6, 6.07) is 16.2. The average Bonchev–Trinajstić information content (AvgIpc) is 2.96. The van der Waals surface area contributed by atoms with E-state index in [-0.39, 0.29) is 5.91 Å². The van der Waals surface area contributed by atoms with Crippen LogP contribution in [0.1, 0.15) is 24.7 Å². The summed E-state index contributed by atoms with van der Waals surface area (Å²) < 4.78 is 8.05. The van der Waals surface area contributed by atoms with Crippen molar-refractivity contribution in [3.8, 4) is 5.75 Å². The van der Waals surface area contributed by atoms with Crippen LogP contribution in [0.2, 0.25) is 0 Å². The van der Waals surface area contributed by atoms with Crippen molar-refractivity contribution in [2.75, 3.05) is 13.7 Å². The molecule has 0 atom stereocenters. The van der Waals surface area contributed by atoms with Crippen molar-refractivity contribution in [1.82, 2.24) is 14.5 Å². The summed E-state index contributed by atoms with van der Waals surface area (Å²) in [5.74, 6) is 1.84. The number of aryl methyl sites for hydroxylation is 2. The predicted molar refractivity (Wildman–Crippen MR) is 103 cm³/mol. The molecule has 26 heavy (non-hydrogen) atoms. The van der Waals surface area contributed by atoms with Crippen molar-refractivity contribution < 1.29 is 9.53 Å². The molecule has 2 aromatic carbocycles. The van der Waals surface area contributed by atoms with E-state index in [4.69, 9.17) is 9.72 Å². The zero-order valence-electron chi connectivity index (χ0n) is 15.6. The normalized spacial score (nSPS) is 10.9. The van der Waals surface area contributed by atoms with Crippen LogP contribution in [0.3, 0.4) is 0 Å². The van der Waals surface area contributed by atoms with E-state index in [2.05, 4.69) is 23.6 Å². The largest absolute Gasteiger partial charge is 0.494 e. The fourth-order valence-electron chi connectivity index (χ4n) is 2.94. The molecule has 0 bridgehead atoms. The van der Waals surface area contributed by atoms with Crippen LogP contribution in [-0.2, 0) is 17.9 Å². The molecule has 0 saturated heterocycles. The third-order valence-corrected chi connectivity index (χ3v) is 4.43. The van der Waals surface area contributed by atoms with Crippen LogP contribution < -0.4 is 4.74 Å². The van der Waals surface area contributed by atoms with Crippen molar-refractivity contribution in [3.63, 3.8) is 0 Å². The van der Waals surface area contributed by atoms with Gasteiger partial charge < -0.3 is 14.2 Å². The molecule has 0 radical (unpaired) electrons. The number of rotatable bonds is 7. The lowest BCUT2D eigenvalue weighted by Gasteiger charge is -2.16. The Labute approximate surface area is 154 Å². The van der Waals surface area contributed by atoms with Gasteiger partial charge in [-0.25, -0.2) is 4.98 Å². The summed E-state index contributed by atoms with van der Waals surface area (Å²) in [6.45, 7) is 5.57. The molecule has 1 aromatic heterocycles. The summed E-state index contributed by atoms with van der Waals surface area (Å²) in [6.07, 6.45) is 0.866. The summed E-state index contributed by atoms with van der Waals surface area (Å²) in [5, 5.41) is 0. The highest BCUT2D eigenvalue weighted by molar-refractivity contribution is 5.76. The highest BCUT2D eigenvalue weighted by atomic mass is 16.5. The van der Waals surface area contributed by atoms with Crippen LogP contribution >= 0.6 is 0 Å². The van der Waals surface area contributed by atoms with E-state index in [1.807, 2.05) is 36.4 Å². The molecule has 5 nitrogen and oxygen atoms in total. The number of carbonyl (C=O) groups excluding carboxylic acids is 1. The maximum absolute atomic E-state index is 11.6. The highest BCUT2D eigenvalue weighted by Crippen LogP contribution is 2.18. The van der Waals surface area contributed by atoms with Gasteiger partial charge in [-0.2, -0.15) is 0 Å². The van der Waals surface area contributed by atoms with E-state index in [1.165, 1.54) is 5.56 Å². The van der Waals surface area contributed by atoms with Gasteiger partial charge in [0.1, 0.15) is 11.6 Å². The Morgan fingerprint density at radius 1 is 1.19 bits per heavy atom. The lowest BCUT2D eigenvalue weighted by Crippen LogP contribution is -2.25. The summed E-state index contributed by atoms with van der Waals surface area (Å²) in [5.41, 5.74) is 3.24. The Morgan fingerprint density at radius 2 is 2.00 bits per heavy atom. The van der Waals surface area contributed by atoms with Gasteiger partial charge in [0.15, 0.2) is 0 Å². The number of para-hydroxylation sites is 2. The maximum Gasteiger partial charge on any atom is 0.219 e. The second kappa shape index (κ2) is 8.04. The number of fused-ring (bicyclic) bond motifs is 1. The van der Waals surface area contributed by atoms with Gasteiger partial charge >= 0.3 is 0 Å². The third-order valence-electron chi connectivity index (χ3n) is 4.43. The van der Waals surface area contributed by atoms with Gasteiger partial charge in [-0.3, -0.25) is 4.79 Å². The fraction of sp³-hybridized carbons (Fsp3) is 0.333. The summed E-state index contributed by atoms with van der Waals surface area (Å²) >= 11 is 0. The molecule has 0 saturated carbocycles. The van der Waals surface area contributed by atoms with Gasteiger partial charge in [0.25, 0.3) is 0 Å². The number of imidazole rings is 1. The standard InChI is InChI=1S/C21H25N3O2/c1-16-8-6-9-18(14-16)26-13-7-12-24-20-11-5-4-10-19(20)22-21(24)15-23(3)17(2)25/h4-6,8-11,14H,7,12-13,15H2,1-3H3. The van der Waals surface area contributed by atoms with Gasteiger partial charge in [0, 0.05) is 20.5 Å². The van der Waals surface area contributed by atoms with Crippen molar-refractivity contribution >= 4 is 16.9 Å². The molecule has 0 aliphatic rings. The number of ether oxygens (including phenoxy) is 1. The van der Waals surface area contributed by atoms with Crippen LogP contribution in [0, 0.1) is 6.92 Å². The third kappa shape index (κ3) is 4.23. The first-order chi connectivity index (χ1) is 12.5. The Bertz CT molecular complexity index is 901. The number of amides is 1. The lowest BCUT2D eigenvalue weighted by molar-refractivity contribution is -0.128.